The molecule has 0 atom stereocenters. The van der Waals surface area contributed by atoms with Crippen molar-refractivity contribution in [2.24, 2.45) is 0 Å². The number of halogens is 3. The summed E-state index contributed by atoms with van der Waals surface area (Å²) in [5.41, 5.74) is 0.452. The van der Waals surface area contributed by atoms with Gasteiger partial charge in [0.15, 0.2) is 5.76 Å². The molecule has 0 fully saturated rings. The van der Waals surface area contributed by atoms with Crippen molar-refractivity contribution >= 4 is 0 Å². The van der Waals surface area contributed by atoms with Crippen LogP contribution in [0.15, 0.2) is 53.2 Å². The van der Waals surface area contributed by atoms with Crippen LogP contribution in [0, 0.1) is 0 Å². The lowest BCUT2D eigenvalue weighted by atomic mass is 10.1. The maximum Gasteiger partial charge on any atom is 0.416 e. The lowest BCUT2D eigenvalue weighted by Crippen LogP contribution is -2.03. The van der Waals surface area contributed by atoms with E-state index in [-0.39, 0.29) is 5.75 Å². The molecule has 0 radical (unpaired) electrons. The third kappa shape index (κ3) is 3.50. The average Bonchev–Trinajstić information content (AvgIpc) is 2.97. The summed E-state index contributed by atoms with van der Waals surface area (Å²) in [5.74, 6) is 0.831. The van der Waals surface area contributed by atoms with Crippen molar-refractivity contribution in [2.75, 3.05) is 0 Å². The SMILES string of the molecule is Oc1ccc(Cc2ncc(-c3ccc(C(F)(F)F)cc3)o2)nc1. The van der Waals surface area contributed by atoms with E-state index in [1.54, 1.807) is 6.07 Å². The number of pyridine rings is 1. The summed E-state index contributed by atoms with van der Waals surface area (Å²) in [6.07, 6.45) is -1.27. The van der Waals surface area contributed by atoms with Gasteiger partial charge in [-0.1, -0.05) is 12.1 Å². The number of hydrogen-bond acceptors (Lipinski definition) is 4. The molecule has 0 aliphatic rings. The third-order valence-electron chi connectivity index (χ3n) is 3.19. The number of hydrogen-bond donors (Lipinski definition) is 1. The van der Waals surface area contributed by atoms with Gasteiger partial charge in [-0.05, 0) is 24.3 Å². The molecule has 0 aliphatic carbocycles. The van der Waals surface area contributed by atoms with Crippen molar-refractivity contribution in [2.45, 2.75) is 12.6 Å². The van der Waals surface area contributed by atoms with Gasteiger partial charge in [-0.25, -0.2) is 4.98 Å². The van der Waals surface area contributed by atoms with Crippen molar-refractivity contribution < 1.29 is 22.7 Å². The maximum absolute atomic E-state index is 12.5. The largest absolute Gasteiger partial charge is 0.506 e. The molecule has 2 aromatic heterocycles. The first-order valence-electron chi connectivity index (χ1n) is 6.68. The summed E-state index contributed by atoms with van der Waals surface area (Å²) >= 11 is 0. The van der Waals surface area contributed by atoms with E-state index in [1.807, 2.05) is 0 Å². The second-order valence-electron chi connectivity index (χ2n) is 4.88. The number of alkyl halides is 3. The van der Waals surface area contributed by atoms with E-state index >= 15 is 0 Å². The summed E-state index contributed by atoms with van der Waals surface area (Å²) in [7, 11) is 0. The molecule has 0 bridgehead atoms. The Kier molecular flexibility index (Phi) is 3.77. The van der Waals surface area contributed by atoms with Gasteiger partial charge in [0, 0.05) is 11.3 Å². The van der Waals surface area contributed by atoms with Crippen molar-refractivity contribution in [3.05, 3.63) is 65.9 Å². The Morgan fingerprint density at radius 1 is 0.957 bits per heavy atom. The fourth-order valence-electron chi connectivity index (χ4n) is 2.03. The highest BCUT2D eigenvalue weighted by Crippen LogP contribution is 2.31. The van der Waals surface area contributed by atoms with Gasteiger partial charge in [-0.3, -0.25) is 4.98 Å². The van der Waals surface area contributed by atoms with Crippen LogP contribution in [0.25, 0.3) is 11.3 Å². The zero-order valence-electron chi connectivity index (χ0n) is 11.7. The number of aromatic hydroxyl groups is 1. The van der Waals surface area contributed by atoms with Crippen LogP contribution in [0.1, 0.15) is 17.1 Å². The number of aromatic nitrogens is 2. The second kappa shape index (κ2) is 5.75. The van der Waals surface area contributed by atoms with Gasteiger partial charge >= 0.3 is 6.18 Å². The van der Waals surface area contributed by atoms with Gasteiger partial charge in [0.2, 0.25) is 5.89 Å². The zero-order chi connectivity index (χ0) is 16.4. The van der Waals surface area contributed by atoms with Gasteiger partial charge < -0.3 is 9.52 Å². The molecule has 0 spiro atoms. The molecule has 0 amide bonds. The molecular formula is C16H11F3N2O2. The minimum absolute atomic E-state index is 0.0617. The van der Waals surface area contributed by atoms with E-state index in [2.05, 4.69) is 9.97 Å². The van der Waals surface area contributed by atoms with Crippen LogP contribution in [-0.2, 0) is 12.6 Å². The molecule has 4 nitrogen and oxygen atoms in total. The van der Waals surface area contributed by atoms with E-state index in [4.69, 9.17) is 4.42 Å². The fourth-order valence-corrected chi connectivity index (χ4v) is 2.03. The van der Waals surface area contributed by atoms with Gasteiger partial charge in [-0.15, -0.1) is 0 Å². The van der Waals surface area contributed by atoms with E-state index in [0.717, 1.165) is 12.1 Å². The van der Waals surface area contributed by atoms with Gasteiger partial charge in [0.25, 0.3) is 0 Å². The van der Waals surface area contributed by atoms with Crippen molar-refractivity contribution in [3.8, 4) is 17.1 Å². The molecule has 3 rings (SSSR count). The van der Waals surface area contributed by atoms with Crippen LogP contribution in [-0.4, -0.2) is 15.1 Å². The highest BCUT2D eigenvalue weighted by molar-refractivity contribution is 5.56. The average molecular weight is 320 g/mol. The highest BCUT2D eigenvalue weighted by Gasteiger charge is 2.30. The molecule has 0 saturated heterocycles. The maximum atomic E-state index is 12.5. The monoisotopic (exact) mass is 320 g/mol. The summed E-state index contributed by atoms with van der Waals surface area (Å²) in [6, 6.07) is 7.81. The molecule has 0 unspecified atom stereocenters. The van der Waals surface area contributed by atoms with E-state index < -0.39 is 11.7 Å². The predicted octanol–water partition coefficient (Wildman–Crippen LogP) is 4.05. The van der Waals surface area contributed by atoms with Crippen LogP contribution in [0.2, 0.25) is 0 Å². The molecule has 0 saturated carbocycles. The van der Waals surface area contributed by atoms with Crippen molar-refractivity contribution in [3.63, 3.8) is 0 Å². The third-order valence-corrected chi connectivity index (χ3v) is 3.19. The van der Waals surface area contributed by atoms with Crippen LogP contribution < -0.4 is 0 Å². The second-order valence-corrected chi connectivity index (χ2v) is 4.88. The lowest BCUT2D eigenvalue weighted by Gasteiger charge is -2.06. The Labute approximate surface area is 129 Å². The summed E-state index contributed by atoms with van der Waals surface area (Å²) in [4.78, 5) is 8.11. The highest BCUT2D eigenvalue weighted by atomic mass is 19.4. The molecule has 1 N–H and O–H groups in total. The standard InChI is InChI=1S/C16H11F3N2O2/c17-16(18,19)11-3-1-10(2-4-11)14-9-21-15(23-14)7-12-5-6-13(22)8-20-12/h1-6,8-9,22H,7H2. The first kappa shape index (κ1) is 15.1. The van der Waals surface area contributed by atoms with Crippen LogP contribution in [0.3, 0.4) is 0 Å². The smallest absolute Gasteiger partial charge is 0.416 e. The predicted molar refractivity (Wildman–Crippen MR) is 75.6 cm³/mol. The quantitative estimate of drug-likeness (QED) is 0.791. The van der Waals surface area contributed by atoms with Crippen LogP contribution in [0.4, 0.5) is 13.2 Å². The van der Waals surface area contributed by atoms with E-state index in [0.29, 0.717) is 29.3 Å². The Morgan fingerprint density at radius 2 is 1.70 bits per heavy atom. The van der Waals surface area contributed by atoms with E-state index in [1.165, 1.54) is 30.6 Å². The summed E-state index contributed by atoms with van der Waals surface area (Å²) in [5, 5.41) is 9.17. The Balaban J connectivity index is 1.77. The molecule has 1 aromatic carbocycles. The first-order valence-corrected chi connectivity index (χ1v) is 6.68. The number of nitrogens with zero attached hydrogens (tertiary/aromatic N) is 2. The molecule has 2 heterocycles. The molecule has 3 aromatic rings. The van der Waals surface area contributed by atoms with Crippen molar-refractivity contribution in [1.82, 2.24) is 9.97 Å². The number of oxazole rings is 1. The minimum Gasteiger partial charge on any atom is -0.506 e. The number of rotatable bonds is 3. The number of benzene rings is 1. The normalized spacial score (nSPS) is 11.6. The Bertz CT molecular complexity index is 793. The minimum atomic E-state index is -4.37. The van der Waals surface area contributed by atoms with Crippen LogP contribution >= 0.6 is 0 Å². The van der Waals surface area contributed by atoms with Gasteiger partial charge in [-0.2, -0.15) is 13.2 Å². The molecule has 0 aliphatic heterocycles. The van der Waals surface area contributed by atoms with Gasteiger partial charge in [0.1, 0.15) is 5.75 Å². The first-order chi connectivity index (χ1) is 10.9. The Morgan fingerprint density at radius 3 is 2.30 bits per heavy atom. The van der Waals surface area contributed by atoms with Crippen LogP contribution in [0.5, 0.6) is 5.75 Å². The molecule has 118 valence electrons. The molecule has 23 heavy (non-hydrogen) atoms. The zero-order valence-corrected chi connectivity index (χ0v) is 11.7. The van der Waals surface area contributed by atoms with Gasteiger partial charge in [0.05, 0.1) is 24.4 Å². The van der Waals surface area contributed by atoms with E-state index in [9.17, 15) is 18.3 Å². The summed E-state index contributed by atoms with van der Waals surface area (Å²) in [6.45, 7) is 0. The topological polar surface area (TPSA) is 59.2 Å². The fraction of sp³-hybridized carbons (Fsp3) is 0.125. The summed E-state index contributed by atoms with van der Waals surface area (Å²) < 4.78 is 43.1. The Hall–Kier alpha value is -2.83. The van der Waals surface area contributed by atoms with Crippen molar-refractivity contribution in [1.29, 1.82) is 0 Å². The lowest BCUT2D eigenvalue weighted by molar-refractivity contribution is -0.137. The molecular weight excluding hydrogens is 309 g/mol. The molecule has 7 heteroatoms.